The van der Waals surface area contributed by atoms with E-state index in [0.717, 1.165) is 28.9 Å². The maximum atomic E-state index is 4.44. The number of nitrogens with one attached hydrogen (secondary N) is 1. The molecule has 2 aromatic rings. The lowest BCUT2D eigenvalue weighted by molar-refractivity contribution is 0.512. The zero-order valence-corrected chi connectivity index (χ0v) is 15.9. The molecule has 3 nitrogen and oxygen atoms in total. The van der Waals surface area contributed by atoms with Gasteiger partial charge in [0.1, 0.15) is 0 Å². The van der Waals surface area contributed by atoms with E-state index in [1.807, 2.05) is 18.7 Å². The monoisotopic (exact) mass is 419 g/mol. The van der Waals surface area contributed by atoms with E-state index in [0.29, 0.717) is 6.04 Å². The molecule has 0 aliphatic carbocycles. The van der Waals surface area contributed by atoms with Crippen LogP contribution in [0, 0.1) is 6.92 Å². The van der Waals surface area contributed by atoms with Crippen molar-refractivity contribution in [2.24, 2.45) is 7.05 Å². The van der Waals surface area contributed by atoms with Gasteiger partial charge in [0.05, 0.1) is 13.3 Å². The van der Waals surface area contributed by atoms with Gasteiger partial charge in [0.2, 0.25) is 0 Å². The molecular weight excluding hydrogens is 402 g/mol. The molecule has 0 bridgehead atoms. The molecule has 1 N–H and O–H groups in total. The third kappa shape index (κ3) is 3.93. The molecule has 110 valence electrons. The summed E-state index contributed by atoms with van der Waals surface area (Å²) in [6.07, 6.45) is 2.07. The molecule has 0 aliphatic heterocycles. The fourth-order valence-corrected chi connectivity index (χ4v) is 5.24. The van der Waals surface area contributed by atoms with Crippen LogP contribution in [0.3, 0.4) is 0 Å². The highest BCUT2D eigenvalue weighted by Gasteiger charge is 2.19. The third-order valence-corrected chi connectivity index (χ3v) is 5.60. The molecule has 1 unspecified atom stereocenters. The van der Waals surface area contributed by atoms with Gasteiger partial charge in [-0.1, -0.05) is 6.92 Å². The predicted octanol–water partition coefficient (Wildman–Crippen LogP) is 4.60. The normalized spacial score (nSPS) is 12.8. The van der Waals surface area contributed by atoms with Gasteiger partial charge in [-0.15, -0.1) is 11.3 Å². The van der Waals surface area contributed by atoms with Crippen LogP contribution in [-0.2, 0) is 13.5 Å². The Kier molecular flexibility index (Phi) is 5.84. The van der Waals surface area contributed by atoms with Crippen LogP contribution in [0.1, 0.15) is 36.3 Å². The van der Waals surface area contributed by atoms with E-state index in [1.165, 1.54) is 15.0 Å². The fourth-order valence-electron chi connectivity index (χ4n) is 2.27. The Morgan fingerprint density at radius 2 is 2.15 bits per heavy atom. The van der Waals surface area contributed by atoms with E-state index in [2.05, 4.69) is 61.3 Å². The average molecular weight is 421 g/mol. The second-order valence-corrected chi connectivity index (χ2v) is 8.64. The number of hydrogen-bond acceptors (Lipinski definition) is 3. The SMILES string of the molecule is CCCNC(Cc1cc(C)nn1C)c1cc(Br)sc1Br. The minimum Gasteiger partial charge on any atom is -0.310 e. The van der Waals surface area contributed by atoms with Crippen molar-refractivity contribution in [2.75, 3.05) is 6.54 Å². The van der Waals surface area contributed by atoms with Gasteiger partial charge in [0, 0.05) is 25.2 Å². The van der Waals surface area contributed by atoms with Crippen molar-refractivity contribution in [3.63, 3.8) is 0 Å². The molecule has 0 aliphatic rings. The summed E-state index contributed by atoms with van der Waals surface area (Å²) in [5.41, 5.74) is 3.64. The maximum Gasteiger partial charge on any atom is 0.0758 e. The number of aromatic nitrogens is 2. The Morgan fingerprint density at radius 3 is 2.65 bits per heavy atom. The number of thiophene rings is 1. The quantitative estimate of drug-likeness (QED) is 0.739. The first-order valence-corrected chi connectivity index (χ1v) is 9.09. The van der Waals surface area contributed by atoms with Gasteiger partial charge in [-0.2, -0.15) is 5.10 Å². The zero-order valence-electron chi connectivity index (χ0n) is 11.9. The van der Waals surface area contributed by atoms with Crippen molar-refractivity contribution in [1.29, 1.82) is 0 Å². The summed E-state index contributed by atoms with van der Waals surface area (Å²) < 4.78 is 4.33. The second-order valence-electron chi connectivity index (χ2n) is 4.89. The van der Waals surface area contributed by atoms with Crippen molar-refractivity contribution in [3.8, 4) is 0 Å². The van der Waals surface area contributed by atoms with Gasteiger partial charge < -0.3 is 5.32 Å². The molecule has 0 fully saturated rings. The van der Waals surface area contributed by atoms with E-state index in [1.54, 1.807) is 11.3 Å². The van der Waals surface area contributed by atoms with Crippen LogP contribution in [0.25, 0.3) is 0 Å². The fraction of sp³-hybridized carbons (Fsp3) is 0.500. The van der Waals surface area contributed by atoms with Gasteiger partial charge >= 0.3 is 0 Å². The van der Waals surface area contributed by atoms with Crippen molar-refractivity contribution in [3.05, 3.63) is 36.7 Å². The molecule has 0 spiro atoms. The highest BCUT2D eigenvalue weighted by atomic mass is 79.9. The molecule has 6 heteroatoms. The highest BCUT2D eigenvalue weighted by Crippen LogP contribution is 2.36. The molecule has 2 aromatic heterocycles. The van der Waals surface area contributed by atoms with E-state index in [9.17, 15) is 0 Å². The predicted molar refractivity (Wildman–Crippen MR) is 92.4 cm³/mol. The minimum absolute atomic E-state index is 0.307. The van der Waals surface area contributed by atoms with Crippen LogP contribution in [0.5, 0.6) is 0 Å². The van der Waals surface area contributed by atoms with Crippen LogP contribution in [0.4, 0.5) is 0 Å². The van der Waals surface area contributed by atoms with Crippen molar-refractivity contribution < 1.29 is 0 Å². The highest BCUT2D eigenvalue weighted by molar-refractivity contribution is 9.12. The van der Waals surface area contributed by atoms with Crippen molar-refractivity contribution >= 4 is 43.2 Å². The van der Waals surface area contributed by atoms with Crippen LogP contribution in [-0.4, -0.2) is 16.3 Å². The summed E-state index contributed by atoms with van der Waals surface area (Å²) in [7, 11) is 2.01. The van der Waals surface area contributed by atoms with Gasteiger partial charge in [0.25, 0.3) is 0 Å². The van der Waals surface area contributed by atoms with Crippen LogP contribution >= 0.6 is 43.2 Å². The lowest BCUT2D eigenvalue weighted by atomic mass is 10.0. The van der Waals surface area contributed by atoms with E-state index in [-0.39, 0.29) is 0 Å². The lowest BCUT2D eigenvalue weighted by Crippen LogP contribution is -2.24. The number of hydrogen-bond donors (Lipinski definition) is 1. The summed E-state index contributed by atoms with van der Waals surface area (Å²) in [6.45, 7) is 5.24. The Morgan fingerprint density at radius 1 is 1.40 bits per heavy atom. The summed E-state index contributed by atoms with van der Waals surface area (Å²) in [5, 5.41) is 8.08. The van der Waals surface area contributed by atoms with Crippen molar-refractivity contribution in [2.45, 2.75) is 32.7 Å². The maximum absolute atomic E-state index is 4.44. The summed E-state index contributed by atoms with van der Waals surface area (Å²) >= 11 is 8.96. The van der Waals surface area contributed by atoms with Gasteiger partial charge in [-0.25, -0.2) is 0 Å². The first-order chi connectivity index (χ1) is 9.51. The third-order valence-electron chi connectivity index (χ3n) is 3.21. The Labute approximate surface area is 141 Å². The second kappa shape index (κ2) is 7.20. The largest absolute Gasteiger partial charge is 0.310 e. The topological polar surface area (TPSA) is 29.9 Å². The van der Waals surface area contributed by atoms with Gasteiger partial charge in [0.15, 0.2) is 0 Å². The molecule has 20 heavy (non-hydrogen) atoms. The minimum atomic E-state index is 0.307. The average Bonchev–Trinajstić information content (AvgIpc) is 2.87. The molecule has 0 amide bonds. The van der Waals surface area contributed by atoms with Crippen LogP contribution < -0.4 is 5.32 Å². The Balaban J connectivity index is 2.23. The van der Waals surface area contributed by atoms with Crippen molar-refractivity contribution in [1.82, 2.24) is 15.1 Å². The smallest absolute Gasteiger partial charge is 0.0758 e. The summed E-state index contributed by atoms with van der Waals surface area (Å²) in [6, 6.07) is 4.67. The lowest BCUT2D eigenvalue weighted by Gasteiger charge is -2.18. The molecule has 0 aromatic carbocycles. The Hall–Kier alpha value is -0.170. The number of nitrogens with zero attached hydrogens (tertiary/aromatic N) is 2. The summed E-state index contributed by atoms with van der Waals surface area (Å²) in [5.74, 6) is 0. The standard InChI is InChI=1S/C14H19Br2N3S/c1-4-5-17-12(11-8-13(15)20-14(11)16)7-10-6-9(2)18-19(10)3/h6,8,12,17H,4-5,7H2,1-3H3. The van der Waals surface area contributed by atoms with E-state index >= 15 is 0 Å². The molecule has 2 rings (SSSR count). The van der Waals surface area contributed by atoms with Gasteiger partial charge in [-0.05, 0) is 69.4 Å². The van der Waals surface area contributed by atoms with Crippen LogP contribution in [0.2, 0.25) is 0 Å². The number of halogens is 2. The van der Waals surface area contributed by atoms with E-state index in [4.69, 9.17) is 0 Å². The van der Waals surface area contributed by atoms with E-state index < -0.39 is 0 Å². The first-order valence-electron chi connectivity index (χ1n) is 6.69. The molecule has 1 atom stereocenters. The first kappa shape index (κ1) is 16.2. The van der Waals surface area contributed by atoms with Crippen LogP contribution in [0.15, 0.2) is 19.7 Å². The molecular formula is C14H19Br2N3S. The molecule has 0 saturated heterocycles. The number of rotatable bonds is 6. The molecule has 0 saturated carbocycles. The molecule has 2 heterocycles. The van der Waals surface area contributed by atoms with Gasteiger partial charge in [-0.3, -0.25) is 4.68 Å². The number of aryl methyl sites for hydroxylation is 2. The summed E-state index contributed by atoms with van der Waals surface area (Å²) in [4.78, 5) is 0. The molecule has 0 radical (unpaired) electrons. The zero-order chi connectivity index (χ0) is 14.7. The Bertz CT molecular complexity index is 577.